The van der Waals surface area contributed by atoms with Crippen LogP contribution in [-0.4, -0.2) is 25.8 Å². The maximum atomic E-state index is 6.40. The van der Waals surface area contributed by atoms with Crippen molar-refractivity contribution in [2.24, 2.45) is 0 Å². The van der Waals surface area contributed by atoms with Crippen molar-refractivity contribution in [3.05, 3.63) is 46.7 Å². The zero-order valence-corrected chi connectivity index (χ0v) is 13.5. The van der Waals surface area contributed by atoms with Gasteiger partial charge in [0.2, 0.25) is 0 Å². The Morgan fingerprint density at radius 2 is 2.27 bits per heavy atom. The topological polar surface area (TPSA) is 39.7 Å². The first kappa shape index (κ1) is 13.0. The monoisotopic (exact) mass is 315 g/mol. The summed E-state index contributed by atoms with van der Waals surface area (Å²) in [5, 5.41) is 3.66. The molecule has 22 heavy (non-hydrogen) atoms. The van der Waals surface area contributed by atoms with Crippen molar-refractivity contribution in [1.82, 2.24) is 5.32 Å². The molecule has 1 aromatic carbocycles. The summed E-state index contributed by atoms with van der Waals surface area (Å²) in [5.41, 5.74) is 4.05. The van der Waals surface area contributed by atoms with Crippen molar-refractivity contribution in [1.29, 1.82) is 0 Å². The molecule has 2 unspecified atom stereocenters. The summed E-state index contributed by atoms with van der Waals surface area (Å²) in [6, 6.07) is 4.60. The lowest BCUT2D eigenvalue weighted by molar-refractivity contribution is 0.100. The third-order valence-electron chi connectivity index (χ3n) is 5.61. The second kappa shape index (κ2) is 4.27. The highest BCUT2D eigenvalue weighted by atomic mass is 31.0. The Kier molecular flexibility index (Phi) is 2.52. The van der Waals surface area contributed by atoms with E-state index in [0.29, 0.717) is 6.04 Å². The highest BCUT2D eigenvalue weighted by Crippen LogP contribution is 2.61. The van der Waals surface area contributed by atoms with E-state index < -0.39 is 0 Å². The van der Waals surface area contributed by atoms with E-state index in [2.05, 4.69) is 33.0 Å². The molecule has 2 bridgehead atoms. The molecule has 5 rings (SSSR count). The van der Waals surface area contributed by atoms with Gasteiger partial charge in [0.05, 0.1) is 22.0 Å². The van der Waals surface area contributed by atoms with Gasteiger partial charge in [0.15, 0.2) is 17.6 Å². The lowest BCUT2D eigenvalue weighted by atomic mass is 9.58. The summed E-state index contributed by atoms with van der Waals surface area (Å²) >= 11 is 0. The van der Waals surface area contributed by atoms with Crippen LogP contribution in [-0.2, 0) is 16.6 Å². The van der Waals surface area contributed by atoms with E-state index >= 15 is 0 Å². The second-order valence-electron chi connectivity index (χ2n) is 6.37. The van der Waals surface area contributed by atoms with Crippen LogP contribution in [0.25, 0.3) is 0 Å². The molecule has 0 radical (unpaired) electrons. The van der Waals surface area contributed by atoms with E-state index in [4.69, 9.17) is 14.0 Å². The van der Waals surface area contributed by atoms with E-state index in [-0.39, 0.29) is 11.5 Å². The van der Waals surface area contributed by atoms with Crippen LogP contribution in [0.3, 0.4) is 0 Å². The highest BCUT2D eigenvalue weighted by Gasteiger charge is 2.61. The zero-order valence-electron chi connectivity index (χ0n) is 12.4. The van der Waals surface area contributed by atoms with Crippen molar-refractivity contribution >= 4 is 9.47 Å². The number of piperidine rings is 1. The molecule has 5 heteroatoms. The predicted molar refractivity (Wildman–Crippen MR) is 86.2 cm³/mol. The van der Waals surface area contributed by atoms with Gasteiger partial charge in [0, 0.05) is 11.6 Å². The van der Waals surface area contributed by atoms with Crippen molar-refractivity contribution in [3.63, 3.8) is 0 Å². The first-order chi connectivity index (χ1) is 10.8. The molecule has 1 spiro atoms. The maximum Gasteiger partial charge on any atom is 0.169 e. The number of hydrogen-bond acceptors (Lipinski definition) is 4. The Balaban J connectivity index is 1.85. The van der Waals surface area contributed by atoms with Crippen LogP contribution in [0.15, 0.2) is 35.6 Å². The largest absolute Gasteiger partial charge is 0.497 e. The number of methoxy groups -OCH3 is 1. The van der Waals surface area contributed by atoms with Gasteiger partial charge in [-0.25, -0.2) is 0 Å². The summed E-state index contributed by atoms with van der Waals surface area (Å²) in [6.45, 7) is 1.00. The van der Waals surface area contributed by atoms with Crippen molar-refractivity contribution in [2.75, 3.05) is 13.7 Å². The molecule has 0 aromatic heterocycles. The summed E-state index contributed by atoms with van der Waals surface area (Å²) < 4.78 is 17.5. The molecule has 2 aliphatic carbocycles. The Morgan fingerprint density at radius 3 is 3.09 bits per heavy atom. The fraction of sp³-hybridized carbons (Fsp3) is 0.412. The van der Waals surface area contributed by atoms with Gasteiger partial charge >= 0.3 is 0 Å². The smallest absolute Gasteiger partial charge is 0.169 e. The Labute approximate surface area is 131 Å². The number of ether oxygens (including phenoxy) is 2. The second-order valence-corrected chi connectivity index (χ2v) is 6.61. The van der Waals surface area contributed by atoms with Crippen molar-refractivity contribution < 1.29 is 14.0 Å². The average Bonchev–Trinajstić information content (AvgIpc) is 2.88. The minimum atomic E-state index is -0.0852. The number of rotatable bonds is 2. The first-order valence-corrected chi connectivity index (χ1v) is 8.16. The lowest BCUT2D eigenvalue weighted by Crippen LogP contribution is -2.58. The Bertz CT molecular complexity index is 742. The van der Waals surface area contributed by atoms with Gasteiger partial charge in [-0.05, 0) is 42.7 Å². The summed E-state index contributed by atoms with van der Waals surface area (Å²) in [5.74, 6) is 2.59. The Morgan fingerprint density at radius 1 is 1.36 bits per heavy atom. The zero-order chi connectivity index (χ0) is 14.9. The quantitative estimate of drug-likeness (QED) is 0.850. The van der Waals surface area contributed by atoms with Gasteiger partial charge in [-0.3, -0.25) is 0 Å². The predicted octanol–water partition coefficient (Wildman–Crippen LogP) is 2.24. The van der Waals surface area contributed by atoms with Crippen LogP contribution in [0.5, 0.6) is 11.5 Å². The molecule has 2 heterocycles. The van der Waals surface area contributed by atoms with Crippen LogP contribution < -0.4 is 14.6 Å². The Hall–Kier alpha value is -1.51. The van der Waals surface area contributed by atoms with E-state index in [1.165, 1.54) is 16.7 Å². The van der Waals surface area contributed by atoms with Gasteiger partial charge in [0.1, 0.15) is 5.76 Å². The maximum absolute atomic E-state index is 6.40. The van der Waals surface area contributed by atoms with Crippen LogP contribution >= 0.6 is 9.47 Å². The molecule has 0 amide bonds. The van der Waals surface area contributed by atoms with Gasteiger partial charge in [0.25, 0.3) is 0 Å². The normalized spacial score (nSPS) is 33.4. The molecule has 2 aliphatic heterocycles. The van der Waals surface area contributed by atoms with E-state index in [1.807, 2.05) is 6.07 Å². The van der Waals surface area contributed by atoms with Gasteiger partial charge in [-0.1, -0.05) is 12.1 Å². The molecular formula is C17H18NO3P. The van der Waals surface area contributed by atoms with Crippen molar-refractivity contribution in [3.8, 4) is 11.5 Å². The third kappa shape index (κ3) is 1.32. The lowest BCUT2D eigenvalue weighted by Gasteiger charge is -2.49. The molecule has 0 saturated carbocycles. The molecule has 4 nitrogen and oxygen atoms in total. The van der Waals surface area contributed by atoms with E-state index in [1.54, 1.807) is 7.11 Å². The van der Waals surface area contributed by atoms with E-state index in [0.717, 1.165) is 36.6 Å². The summed E-state index contributed by atoms with van der Waals surface area (Å²) in [7, 11) is 4.06. The van der Waals surface area contributed by atoms with Gasteiger partial charge in [-0.2, -0.15) is 0 Å². The fourth-order valence-electron chi connectivity index (χ4n) is 4.79. The SMILES string of the molecule is COC1=CC=C2[C@H]3Cc4ccc(OP)c5c4[C@@]2(CCN3)C1O5. The van der Waals surface area contributed by atoms with Crippen LogP contribution in [0, 0.1) is 0 Å². The molecule has 114 valence electrons. The number of benzene rings is 1. The number of hydrogen-bond donors (Lipinski definition) is 1. The third-order valence-corrected chi connectivity index (χ3v) is 5.86. The van der Waals surface area contributed by atoms with Gasteiger partial charge < -0.3 is 19.3 Å². The van der Waals surface area contributed by atoms with E-state index in [9.17, 15) is 0 Å². The number of allylic oxidation sites excluding steroid dienone is 2. The first-order valence-electron chi connectivity index (χ1n) is 7.69. The average molecular weight is 315 g/mol. The molecule has 1 N–H and O–H groups in total. The molecular weight excluding hydrogens is 297 g/mol. The molecule has 4 atom stereocenters. The molecule has 4 aliphatic rings. The highest BCUT2D eigenvalue weighted by molar-refractivity contribution is 7.10. The summed E-state index contributed by atoms with van der Waals surface area (Å²) in [4.78, 5) is 0. The number of nitrogens with one attached hydrogen (secondary N) is 1. The van der Waals surface area contributed by atoms with Crippen LogP contribution in [0.2, 0.25) is 0 Å². The standard InChI is InChI=1S/C17H18NO3P/c1-19-13-5-3-10-11-8-9-2-4-12(21-22)15-14(9)17(10,6-7-18-11)16(13)20-15/h2-5,11,16,18H,6-8,22H2,1H3/t11-,16?,17+/m1/s1. The summed E-state index contributed by atoms with van der Waals surface area (Å²) in [6.07, 6.45) is 6.27. The molecule has 1 aromatic rings. The van der Waals surface area contributed by atoms with Gasteiger partial charge in [-0.15, -0.1) is 0 Å². The minimum Gasteiger partial charge on any atom is -0.497 e. The molecule has 1 saturated heterocycles. The molecule has 1 fully saturated rings. The fourth-order valence-corrected chi connectivity index (χ4v) is 4.97. The van der Waals surface area contributed by atoms with Crippen LogP contribution in [0.1, 0.15) is 17.5 Å². The van der Waals surface area contributed by atoms with Crippen LogP contribution in [0.4, 0.5) is 0 Å². The minimum absolute atomic E-state index is 0.0718. The van der Waals surface area contributed by atoms with Crippen molar-refractivity contribution in [2.45, 2.75) is 30.4 Å².